The van der Waals surface area contributed by atoms with E-state index in [4.69, 9.17) is 0 Å². The van der Waals surface area contributed by atoms with Gasteiger partial charge in [0.1, 0.15) is 5.82 Å². The molecule has 0 unspecified atom stereocenters. The first-order chi connectivity index (χ1) is 6.77. The molecule has 0 radical (unpaired) electrons. The van der Waals surface area contributed by atoms with Crippen molar-refractivity contribution in [2.24, 2.45) is 0 Å². The topological polar surface area (TPSA) is 49.8 Å². The highest BCUT2D eigenvalue weighted by Crippen LogP contribution is 2.11. The van der Waals surface area contributed by atoms with E-state index in [9.17, 15) is 0 Å². The SMILES string of the molecule is CCCNc1ncc(C)c(NCC)n1. The predicted molar refractivity (Wildman–Crippen MR) is 59.7 cm³/mol. The summed E-state index contributed by atoms with van der Waals surface area (Å²) in [6, 6.07) is 0. The molecule has 1 rings (SSSR count). The number of hydrogen-bond acceptors (Lipinski definition) is 4. The highest BCUT2D eigenvalue weighted by molar-refractivity contribution is 5.46. The van der Waals surface area contributed by atoms with E-state index in [-0.39, 0.29) is 0 Å². The van der Waals surface area contributed by atoms with Crippen molar-refractivity contribution < 1.29 is 0 Å². The van der Waals surface area contributed by atoms with Gasteiger partial charge in [0.2, 0.25) is 5.95 Å². The lowest BCUT2D eigenvalue weighted by Gasteiger charge is -2.08. The molecule has 0 saturated heterocycles. The highest BCUT2D eigenvalue weighted by Gasteiger charge is 2.01. The van der Waals surface area contributed by atoms with Crippen molar-refractivity contribution in [1.82, 2.24) is 9.97 Å². The van der Waals surface area contributed by atoms with Crippen molar-refractivity contribution in [2.45, 2.75) is 27.2 Å². The summed E-state index contributed by atoms with van der Waals surface area (Å²) in [5, 5.41) is 6.36. The summed E-state index contributed by atoms with van der Waals surface area (Å²) in [6.45, 7) is 7.97. The molecule has 4 heteroatoms. The van der Waals surface area contributed by atoms with Crippen LogP contribution in [0.15, 0.2) is 6.20 Å². The van der Waals surface area contributed by atoms with Gasteiger partial charge in [0.05, 0.1) is 0 Å². The predicted octanol–water partition coefficient (Wildman–Crippen LogP) is 2.04. The van der Waals surface area contributed by atoms with E-state index in [2.05, 4.69) is 34.4 Å². The van der Waals surface area contributed by atoms with Crippen LogP contribution in [0.5, 0.6) is 0 Å². The Labute approximate surface area is 85.2 Å². The van der Waals surface area contributed by atoms with Gasteiger partial charge in [0.15, 0.2) is 0 Å². The zero-order chi connectivity index (χ0) is 10.4. The summed E-state index contributed by atoms with van der Waals surface area (Å²) < 4.78 is 0. The van der Waals surface area contributed by atoms with Crippen molar-refractivity contribution in [3.05, 3.63) is 11.8 Å². The molecule has 0 saturated carbocycles. The summed E-state index contributed by atoms with van der Waals surface area (Å²) in [6.07, 6.45) is 2.91. The molecular weight excluding hydrogens is 176 g/mol. The number of hydrogen-bond donors (Lipinski definition) is 2. The van der Waals surface area contributed by atoms with E-state index in [1.165, 1.54) is 0 Å². The van der Waals surface area contributed by atoms with Crippen LogP contribution in [0.3, 0.4) is 0 Å². The first-order valence-corrected chi connectivity index (χ1v) is 5.09. The van der Waals surface area contributed by atoms with Crippen molar-refractivity contribution in [3.8, 4) is 0 Å². The van der Waals surface area contributed by atoms with Crippen LogP contribution in [0.2, 0.25) is 0 Å². The van der Waals surface area contributed by atoms with Crippen molar-refractivity contribution in [3.63, 3.8) is 0 Å². The largest absolute Gasteiger partial charge is 0.370 e. The standard InChI is InChI=1S/C10H18N4/c1-4-6-12-10-13-7-8(3)9(14-10)11-5-2/h7H,4-6H2,1-3H3,(H2,11,12,13,14). The van der Waals surface area contributed by atoms with E-state index >= 15 is 0 Å². The fraction of sp³-hybridized carbons (Fsp3) is 0.600. The minimum atomic E-state index is 0.702. The Kier molecular flexibility index (Phi) is 4.16. The van der Waals surface area contributed by atoms with Crippen LogP contribution in [-0.2, 0) is 0 Å². The van der Waals surface area contributed by atoms with Gasteiger partial charge in [-0.1, -0.05) is 6.92 Å². The van der Waals surface area contributed by atoms with Crippen LogP contribution in [0.4, 0.5) is 11.8 Å². The van der Waals surface area contributed by atoms with Crippen LogP contribution in [0.1, 0.15) is 25.8 Å². The van der Waals surface area contributed by atoms with Gasteiger partial charge in [-0.05, 0) is 20.3 Å². The zero-order valence-corrected chi connectivity index (χ0v) is 9.09. The smallest absolute Gasteiger partial charge is 0.224 e. The quantitative estimate of drug-likeness (QED) is 0.753. The third kappa shape index (κ3) is 2.87. The molecule has 1 aromatic rings. The zero-order valence-electron chi connectivity index (χ0n) is 9.09. The van der Waals surface area contributed by atoms with Crippen molar-refractivity contribution in [2.75, 3.05) is 23.7 Å². The van der Waals surface area contributed by atoms with Gasteiger partial charge in [-0.15, -0.1) is 0 Å². The van der Waals surface area contributed by atoms with Gasteiger partial charge in [0.25, 0.3) is 0 Å². The minimum absolute atomic E-state index is 0.702. The second-order valence-corrected chi connectivity index (χ2v) is 3.18. The lowest BCUT2D eigenvalue weighted by molar-refractivity contribution is 0.948. The number of rotatable bonds is 5. The highest BCUT2D eigenvalue weighted by atomic mass is 15.1. The molecule has 0 aliphatic rings. The van der Waals surface area contributed by atoms with Gasteiger partial charge >= 0.3 is 0 Å². The lowest BCUT2D eigenvalue weighted by atomic mass is 10.3. The Morgan fingerprint density at radius 3 is 2.71 bits per heavy atom. The van der Waals surface area contributed by atoms with Crippen LogP contribution in [0, 0.1) is 6.92 Å². The van der Waals surface area contributed by atoms with E-state index in [1.54, 1.807) is 0 Å². The van der Waals surface area contributed by atoms with Crippen LogP contribution < -0.4 is 10.6 Å². The van der Waals surface area contributed by atoms with E-state index in [1.807, 2.05) is 13.1 Å². The third-order valence-electron chi connectivity index (χ3n) is 1.85. The molecule has 78 valence electrons. The van der Waals surface area contributed by atoms with Crippen molar-refractivity contribution >= 4 is 11.8 Å². The Hall–Kier alpha value is -1.32. The first kappa shape index (κ1) is 10.8. The summed E-state index contributed by atoms with van der Waals surface area (Å²) in [4.78, 5) is 8.56. The monoisotopic (exact) mass is 194 g/mol. The molecule has 0 fully saturated rings. The molecule has 0 atom stereocenters. The maximum atomic E-state index is 4.37. The summed E-state index contributed by atoms with van der Waals surface area (Å²) >= 11 is 0. The minimum Gasteiger partial charge on any atom is -0.370 e. The molecule has 14 heavy (non-hydrogen) atoms. The molecule has 1 heterocycles. The summed E-state index contributed by atoms with van der Waals surface area (Å²) in [5.41, 5.74) is 1.08. The number of anilines is 2. The van der Waals surface area contributed by atoms with Gasteiger partial charge in [0, 0.05) is 24.8 Å². The molecule has 1 aromatic heterocycles. The molecule has 0 spiro atoms. The molecule has 0 bridgehead atoms. The third-order valence-corrected chi connectivity index (χ3v) is 1.85. The number of aryl methyl sites for hydroxylation is 1. The first-order valence-electron chi connectivity index (χ1n) is 5.09. The van der Waals surface area contributed by atoms with E-state index < -0.39 is 0 Å². The van der Waals surface area contributed by atoms with Gasteiger partial charge in [-0.25, -0.2) is 4.98 Å². The number of aromatic nitrogens is 2. The fourth-order valence-electron chi connectivity index (χ4n) is 1.11. The van der Waals surface area contributed by atoms with Crippen LogP contribution in [-0.4, -0.2) is 23.1 Å². The molecule has 2 N–H and O–H groups in total. The average molecular weight is 194 g/mol. The Morgan fingerprint density at radius 1 is 1.29 bits per heavy atom. The number of nitrogens with one attached hydrogen (secondary N) is 2. The Balaban J connectivity index is 2.72. The van der Waals surface area contributed by atoms with Gasteiger partial charge in [-0.3, -0.25) is 0 Å². The van der Waals surface area contributed by atoms with E-state index in [0.717, 1.165) is 30.9 Å². The Morgan fingerprint density at radius 2 is 2.07 bits per heavy atom. The Bertz CT molecular complexity index is 285. The normalized spacial score (nSPS) is 9.93. The maximum Gasteiger partial charge on any atom is 0.224 e. The molecule has 0 aliphatic heterocycles. The molecule has 0 aromatic carbocycles. The molecule has 4 nitrogen and oxygen atoms in total. The maximum absolute atomic E-state index is 4.37. The lowest BCUT2D eigenvalue weighted by Crippen LogP contribution is -2.08. The summed E-state index contributed by atoms with van der Waals surface area (Å²) in [7, 11) is 0. The molecule has 0 amide bonds. The van der Waals surface area contributed by atoms with Crippen LogP contribution >= 0.6 is 0 Å². The second kappa shape index (κ2) is 5.42. The van der Waals surface area contributed by atoms with Gasteiger partial charge < -0.3 is 10.6 Å². The number of nitrogens with zero attached hydrogens (tertiary/aromatic N) is 2. The average Bonchev–Trinajstić information content (AvgIpc) is 2.19. The van der Waals surface area contributed by atoms with Gasteiger partial charge in [-0.2, -0.15) is 4.98 Å². The molecule has 0 aliphatic carbocycles. The van der Waals surface area contributed by atoms with Crippen molar-refractivity contribution in [1.29, 1.82) is 0 Å². The second-order valence-electron chi connectivity index (χ2n) is 3.18. The van der Waals surface area contributed by atoms with Crippen LogP contribution in [0.25, 0.3) is 0 Å². The summed E-state index contributed by atoms with van der Waals surface area (Å²) in [5.74, 6) is 1.62. The fourth-order valence-corrected chi connectivity index (χ4v) is 1.11. The van der Waals surface area contributed by atoms with E-state index in [0.29, 0.717) is 5.95 Å². The molecular formula is C10H18N4.